The van der Waals surface area contributed by atoms with Gasteiger partial charge in [0.15, 0.2) is 4.87 Å². The molecule has 2 aliphatic heterocycles. The highest BCUT2D eigenvalue weighted by Gasteiger charge is 2.51. The van der Waals surface area contributed by atoms with Gasteiger partial charge in [0, 0.05) is 35.2 Å². The van der Waals surface area contributed by atoms with Crippen molar-refractivity contribution >= 4 is 22.8 Å². The lowest BCUT2D eigenvalue weighted by Gasteiger charge is -2.39. The van der Waals surface area contributed by atoms with Crippen LogP contribution in [-0.4, -0.2) is 50.8 Å². The molecule has 1 aliphatic carbocycles. The van der Waals surface area contributed by atoms with E-state index in [0.717, 1.165) is 41.7 Å². The molecular weight excluding hydrogens is 394 g/mol. The summed E-state index contributed by atoms with van der Waals surface area (Å²) >= 11 is 0. The first kappa shape index (κ1) is 20.0. The van der Waals surface area contributed by atoms with Crippen LogP contribution < -0.4 is 5.32 Å². The van der Waals surface area contributed by atoms with Gasteiger partial charge in [-0.1, -0.05) is 20.8 Å². The highest BCUT2D eigenvalue weighted by molar-refractivity contribution is 5.99. The third kappa shape index (κ3) is 3.11. The Balaban J connectivity index is 1.47. The minimum Gasteiger partial charge on any atom is -0.361 e. The molecule has 3 amide bonds. The summed E-state index contributed by atoms with van der Waals surface area (Å²) < 4.78 is 0. The van der Waals surface area contributed by atoms with Crippen molar-refractivity contribution in [1.82, 2.24) is 20.2 Å². The third-order valence-corrected chi connectivity index (χ3v) is 7.18. The van der Waals surface area contributed by atoms with Crippen LogP contribution in [0.1, 0.15) is 69.0 Å². The number of amides is 3. The van der Waals surface area contributed by atoms with Crippen molar-refractivity contribution < 1.29 is 14.5 Å². The maximum atomic E-state index is 13.5. The number of carbonyl (C=O) groups excluding carboxylic acids is 2. The van der Waals surface area contributed by atoms with Crippen LogP contribution >= 0.6 is 0 Å². The smallest absolute Gasteiger partial charge is 0.361 e. The van der Waals surface area contributed by atoms with Gasteiger partial charge in [0.05, 0.1) is 17.0 Å². The highest BCUT2D eigenvalue weighted by Crippen LogP contribution is 2.52. The van der Waals surface area contributed by atoms with Gasteiger partial charge in [-0.2, -0.15) is 0 Å². The molecule has 3 aliphatic rings. The first-order valence-corrected chi connectivity index (χ1v) is 11.1. The summed E-state index contributed by atoms with van der Waals surface area (Å²) in [6, 6.07) is 5.44. The number of carbonyl (C=O) groups is 2. The average molecular weight is 425 g/mol. The minimum absolute atomic E-state index is 0.0464. The number of nitroso groups, excluding NO2 is 1. The van der Waals surface area contributed by atoms with Crippen LogP contribution in [0.3, 0.4) is 0 Å². The Bertz CT molecular complexity index is 1110. The molecule has 2 bridgehead atoms. The molecule has 8 nitrogen and oxygen atoms in total. The molecule has 0 radical (unpaired) electrons. The van der Waals surface area contributed by atoms with Crippen molar-refractivity contribution in [2.45, 2.75) is 59.2 Å². The Morgan fingerprint density at radius 3 is 2.74 bits per heavy atom. The summed E-state index contributed by atoms with van der Waals surface area (Å²) in [5, 5.41) is 4.64. The Kier molecular flexibility index (Phi) is 4.23. The van der Waals surface area contributed by atoms with Crippen LogP contribution in [0.2, 0.25) is 0 Å². The van der Waals surface area contributed by atoms with Crippen LogP contribution in [0, 0.1) is 15.7 Å². The molecule has 1 saturated carbocycles. The monoisotopic (exact) mass is 424 g/mol. The Hall–Kier alpha value is -2.90. The van der Waals surface area contributed by atoms with Crippen LogP contribution in [0.4, 0.5) is 4.79 Å². The van der Waals surface area contributed by atoms with E-state index in [1.165, 1.54) is 0 Å². The largest absolute Gasteiger partial charge is 0.379 e. The molecule has 2 N–H and O–H groups in total. The number of aromatic nitrogens is 1. The molecule has 31 heavy (non-hydrogen) atoms. The third-order valence-electron chi connectivity index (χ3n) is 7.18. The zero-order valence-corrected chi connectivity index (χ0v) is 18.6. The molecular formula is C23H30N5O3+. The van der Waals surface area contributed by atoms with Gasteiger partial charge in [0.25, 0.3) is 5.91 Å². The fourth-order valence-corrected chi connectivity index (χ4v) is 6.32. The summed E-state index contributed by atoms with van der Waals surface area (Å²) in [5.74, 6) is 0.0464. The fourth-order valence-electron chi connectivity index (χ4n) is 6.32. The van der Waals surface area contributed by atoms with Crippen molar-refractivity contribution in [3.05, 3.63) is 40.4 Å². The lowest BCUT2D eigenvalue weighted by molar-refractivity contribution is -0.706. The molecule has 3 heterocycles. The van der Waals surface area contributed by atoms with Crippen molar-refractivity contribution in [3.63, 3.8) is 0 Å². The zero-order valence-electron chi connectivity index (χ0n) is 18.6. The van der Waals surface area contributed by atoms with Gasteiger partial charge in [-0.3, -0.25) is 10.1 Å². The SMILES string of the molecule is CCN1C(=O)NC(c2c[nH]c3ccc(C(=O)N4CC5(C)CC4CC(C)(C)C5)cc23)[N+]1=O. The summed E-state index contributed by atoms with van der Waals surface area (Å²) in [6.45, 7) is 9.74. The van der Waals surface area contributed by atoms with Crippen LogP contribution in [0.15, 0.2) is 24.4 Å². The topological polar surface area (TPSA) is 88.5 Å². The molecule has 3 unspecified atom stereocenters. The number of urea groups is 1. The molecule has 0 spiro atoms. The van der Waals surface area contributed by atoms with Crippen LogP contribution in [0.5, 0.6) is 0 Å². The second-order valence-corrected chi connectivity index (χ2v) is 10.5. The number of hydrogen-bond donors (Lipinski definition) is 2. The molecule has 164 valence electrons. The number of H-pyrrole nitrogens is 1. The second-order valence-electron chi connectivity index (χ2n) is 10.5. The average Bonchev–Trinajstić information content (AvgIpc) is 3.31. The second kappa shape index (κ2) is 6.55. The zero-order chi connectivity index (χ0) is 22.1. The van der Waals surface area contributed by atoms with Crippen molar-refractivity contribution in [1.29, 1.82) is 0 Å². The fraction of sp³-hybridized carbons (Fsp3) is 0.565. The number of rotatable bonds is 3. The number of hydrogen-bond acceptors (Lipinski definition) is 3. The van der Waals surface area contributed by atoms with E-state index in [1.807, 2.05) is 18.2 Å². The molecule has 2 aromatic rings. The Labute approximate surface area is 181 Å². The molecule has 5 rings (SSSR count). The van der Waals surface area contributed by atoms with Crippen molar-refractivity contribution in [2.24, 2.45) is 10.8 Å². The molecule has 1 aromatic heterocycles. The van der Waals surface area contributed by atoms with E-state index in [4.69, 9.17) is 0 Å². The van der Waals surface area contributed by atoms with E-state index in [0.29, 0.717) is 22.5 Å². The number of likely N-dealkylation sites (tertiary alicyclic amines) is 1. The normalized spacial score (nSPS) is 29.7. The molecule has 2 saturated heterocycles. The van der Waals surface area contributed by atoms with Crippen molar-refractivity contribution in [2.75, 3.05) is 13.1 Å². The van der Waals surface area contributed by atoms with Crippen LogP contribution in [0.25, 0.3) is 10.9 Å². The van der Waals surface area contributed by atoms with Gasteiger partial charge in [-0.25, -0.2) is 4.79 Å². The number of hydrazine groups is 1. The maximum absolute atomic E-state index is 13.5. The number of nitrogens with one attached hydrogen (secondary N) is 2. The van der Waals surface area contributed by atoms with Gasteiger partial charge in [-0.15, -0.1) is 0 Å². The lowest BCUT2D eigenvalue weighted by Crippen LogP contribution is -2.37. The molecule has 3 atom stereocenters. The number of fused-ring (bicyclic) bond motifs is 3. The number of nitrogens with zero attached hydrogens (tertiary/aromatic N) is 3. The summed E-state index contributed by atoms with van der Waals surface area (Å²) in [5.41, 5.74) is 2.53. The predicted octanol–water partition coefficient (Wildman–Crippen LogP) is 3.95. The van der Waals surface area contributed by atoms with E-state index >= 15 is 0 Å². The molecule has 8 heteroatoms. The Morgan fingerprint density at radius 2 is 2.03 bits per heavy atom. The lowest BCUT2D eigenvalue weighted by atomic mass is 9.65. The molecule has 3 fully saturated rings. The quantitative estimate of drug-likeness (QED) is 0.732. The number of aromatic amines is 1. The summed E-state index contributed by atoms with van der Waals surface area (Å²) in [6.07, 6.45) is 4.15. The maximum Gasteiger partial charge on any atom is 0.379 e. The van der Waals surface area contributed by atoms with Gasteiger partial charge in [-0.05, 0) is 60.2 Å². The van der Waals surface area contributed by atoms with E-state index in [2.05, 4.69) is 36.0 Å². The Morgan fingerprint density at radius 1 is 1.26 bits per heavy atom. The van der Waals surface area contributed by atoms with E-state index < -0.39 is 12.2 Å². The van der Waals surface area contributed by atoms with E-state index in [1.54, 1.807) is 13.1 Å². The summed E-state index contributed by atoms with van der Waals surface area (Å²) in [7, 11) is 0. The van der Waals surface area contributed by atoms with Gasteiger partial charge >= 0.3 is 12.2 Å². The summed E-state index contributed by atoms with van der Waals surface area (Å²) in [4.78, 5) is 44.1. The van der Waals surface area contributed by atoms with Crippen molar-refractivity contribution in [3.8, 4) is 0 Å². The van der Waals surface area contributed by atoms with Gasteiger partial charge in [0.1, 0.15) is 0 Å². The first-order valence-electron chi connectivity index (χ1n) is 11.1. The van der Waals surface area contributed by atoms with E-state index in [9.17, 15) is 14.5 Å². The van der Waals surface area contributed by atoms with Gasteiger partial charge < -0.3 is 9.88 Å². The predicted molar refractivity (Wildman–Crippen MR) is 116 cm³/mol. The molecule has 1 aromatic carbocycles. The highest BCUT2D eigenvalue weighted by atomic mass is 16.4. The standard InChI is InChI=1S/C23H29N5O3/c1-5-27-21(30)25-19(28(27)31)17-11-24-18-7-6-14(8-16(17)18)20(29)26-13-23(4)10-15(26)9-22(2,3)12-23/h6-8,11,15,19H,5,9-10,12-13H2,1-4H3,(H-,24,25,29,30)/p+1. The van der Waals surface area contributed by atoms with Gasteiger partial charge in [0.2, 0.25) is 0 Å². The first-order chi connectivity index (χ1) is 14.6. The minimum atomic E-state index is -0.808. The number of benzene rings is 1. The van der Waals surface area contributed by atoms with E-state index in [-0.39, 0.29) is 22.8 Å². The van der Waals surface area contributed by atoms with Crippen LogP contribution in [-0.2, 0) is 0 Å².